The average molecular weight is 252 g/mol. The summed E-state index contributed by atoms with van der Waals surface area (Å²) in [4.78, 5) is 21.4. The van der Waals surface area contributed by atoms with E-state index in [1.165, 1.54) is 0 Å². The second kappa shape index (κ2) is 7.58. The lowest BCUT2D eigenvalue weighted by atomic mass is 10.1. The van der Waals surface area contributed by atoms with Crippen LogP contribution in [0.25, 0.3) is 0 Å². The van der Waals surface area contributed by atoms with E-state index in [0.717, 1.165) is 5.56 Å². The Labute approximate surface area is 105 Å². The number of hydrogen-bond donors (Lipinski definition) is 2. The summed E-state index contributed by atoms with van der Waals surface area (Å²) < 4.78 is 5.24. The Balaban J connectivity index is 2.19. The summed E-state index contributed by atoms with van der Waals surface area (Å²) in [5.41, 5.74) is 0.974. The topological polar surface area (TPSA) is 83.8 Å². The van der Waals surface area contributed by atoms with Crippen LogP contribution >= 0.6 is 0 Å². The predicted octanol–water partition coefficient (Wildman–Crippen LogP) is 0.998. The number of aliphatic hydroxyl groups is 1. The third-order valence-corrected chi connectivity index (χ3v) is 2.23. The van der Waals surface area contributed by atoms with E-state index in [2.05, 4.69) is 0 Å². The van der Waals surface area contributed by atoms with Crippen molar-refractivity contribution < 1.29 is 24.5 Å². The number of carbonyl (C=O) groups excluding carboxylic acids is 1. The summed E-state index contributed by atoms with van der Waals surface area (Å²) in [6.07, 6.45) is -1.71. The molecule has 0 heterocycles. The van der Waals surface area contributed by atoms with Gasteiger partial charge in [-0.2, -0.15) is 0 Å². The molecule has 1 atom stereocenters. The van der Waals surface area contributed by atoms with Crippen molar-refractivity contribution in [1.29, 1.82) is 0 Å². The molecule has 98 valence electrons. The van der Waals surface area contributed by atoms with E-state index in [-0.39, 0.29) is 13.0 Å². The number of hydrogen-bond acceptors (Lipinski definition) is 4. The van der Waals surface area contributed by atoms with Gasteiger partial charge in [0.2, 0.25) is 0 Å². The van der Waals surface area contributed by atoms with Crippen molar-refractivity contribution in [3.05, 3.63) is 35.9 Å². The van der Waals surface area contributed by atoms with E-state index < -0.39 is 24.3 Å². The maximum Gasteiger partial charge on any atom is 0.310 e. The molecule has 0 aromatic heterocycles. The third-order valence-electron chi connectivity index (χ3n) is 2.23. The number of ketones is 1. The predicted molar refractivity (Wildman–Crippen MR) is 64.0 cm³/mol. The van der Waals surface area contributed by atoms with Crippen molar-refractivity contribution in [2.45, 2.75) is 25.6 Å². The number of aliphatic carboxylic acids is 1. The highest BCUT2D eigenvalue weighted by atomic mass is 16.5. The Kier molecular flexibility index (Phi) is 6.04. The molecule has 0 fully saturated rings. The Morgan fingerprint density at radius 1 is 1.22 bits per heavy atom. The van der Waals surface area contributed by atoms with Crippen LogP contribution in [-0.2, 0) is 20.9 Å². The lowest BCUT2D eigenvalue weighted by Gasteiger charge is -2.10. The van der Waals surface area contributed by atoms with Crippen molar-refractivity contribution in [2.75, 3.05) is 6.61 Å². The zero-order valence-electron chi connectivity index (χ0n) is 9.91. The minimum absolute atomic E-state index is 0.0141. The summed E-state index contributed by atoms with van der Waals surface area (Å²) in [6.45, 7) is 0.366. The van der Waals surface area contributed by atoms with Gasteiger partial charge in [0.25, 0.3) is 0 Å². The van der Waals surface area contributed by atoms with Crippen molar-refractivity contribution in [3.8, 4) is 0 Å². The number of aliphatic hydroxyl groups excluding tert-OH is 1. The smallest absolute Gasteiger partial charge is 0.310 e. The van der Waals surface area contributed by atoms with Crippen molar-refractivity contribution in [2.24, 2.45) is 0 Å². The van der Waals surface area contributed by atoms with Crippen LogP contribution in [0.5, 0.6) is 0 Å². The number of rotatable bonds is 8. The summed E-state index contributed by atoms with van der Waals surface area (Å²) in [5.74, 6) is -1.68. The van der Waals surface area contributed by atoms with Gasteiger partial charge in [0, 0.05) is 6.42 Å². The molecule has 18 heavy (non-hydrogen) atoms. The molecule has 1 aromatic carbocycles. The summed E-state index contributed by atoms with van der Waals surface area (Å²) in [5, 5.41) is 17.9. The Morgan fingerprint density at radius 2 is 1.89 bits per heavy atom. The van der Waals surface area contributed by atoms with Gasteiger partial charge in [-0.3, -0.25) is 9.59 Å². The van der Waals surface area contributed by atoms with E-state index >= 15 is 0 Å². The molecule has 0 aliphatic carbocycles. The van der Waals surface area contributed by atoms with Crippen molar-refractivity contribution in [1.82, 2.24) is 0 Å². The molecule has 0 saturated heterocycles. The Morgan fingerprint density at radius 3 is 2.50 bits per heavy atom. The molecule has 2 N–H and O–H groups in total. The zero-order chi connectivity index (χ0) is 13.4. The first-order valence-corrected chi connectivity index (χ1v) is 5.61. The normalized spacial score (nSPS) is 12.1. The highest BCUT2D eigenvalue weighted by molar-refractivity contribution is 5.94. The fraction of sp³-hybridized carbons (Fsp3) is 0.385. The molecule has 5 nitrogen and oxygen atoms in total. The van der Waals surface area contributed by atoms with Crippen molar-refractivity contribution in [3.63, 3.8) is 0 Å². The second-order valence-corrected chi connectivity index (χ2v) is 3.97. The molecule has 0 radical (unpaired) electrons. The minimum Gasteiger partial charge on any atom is -0.481 e. The van der Waals surface area contributed by atoms with Crippen LogP contribution in [0.15, 0.2) is 30.3 Å². The molecule has 0 aliphatic rings. The number of carbonyl (C=O) groups is 2. The number of ether oxygens (including phenoxy) is 1. The van der Waals surface area contributed by atoms with Crippen LogP contribution in [0.1, 0.15) is 18.4 Å². The number of Topliss-reactive ketones (excluding diaryl/α,β-unsaturated/α-hetero) is 1. The minimum atomic E-state index is -1.18. The number of carboxylic acid groups (broad SMARTS) is 1. The molecule has 0 bridgehead atoms. The van der Waals surface area contributed by atoms with Crippen LogP contribution in [0, 0.1) is 0 Å². The molecule has 0 spiro atoms. The largest absolute Gasteiger partial charge is 0.481 e. The highest BCUT2D eigenvalue weighted by Crippen LogP contribution is 2.03. The highest BCUT2D eigenvalue weighted by Gasteiger charge is 2.13. The van der Waals surface area contributed by atoms with Gasteiger partial charge in [-0.25, -0.2) is 0 Å². The van der Waals surface area contributed by atoms with Gasteiger partial charge in [-0.05, 0) is 5.56 Å². The van der Waals surface area contributed by atoms with Crippen LogP contribution < -0.4 is 0 Å². The number of benzene rings is 1. The summed E-state index contributed by atoms with van der Waals surface area (Å²) in [7, 11) is 0. The van der Waals surface area contributed by atoms with Crippen molar-refractivity contribution >= 4 is 11.8 Å². The van der Waals surface area contributed by atoms with Crippen LogP contribution in [-0.4, -0.2) is 34.7 Å². The maximum absolute atomic E-state index is 11.1. The lowest BCUT2D eigenvalue weighted by molar-refractivity contribution is -0.140. The Hall–Kier alpha value is -1.72. The Bertz CT molecular complexity index is 388. The quantitative estimate of drug-likeness (QED) is 0.674. The molecule has 1 rings (SSSR count). The van der Waals surface area contributed by atoms with Crippen LogP contribution in [0.2, 0.25) is 0 Å². The first-order chi connectivity index (χ1) is 8.58. The maximum atomic E-state index is 11.1. The molecule has 0 saturated carbocycles. The lowest BCUT2D eigenvalue weighted by Crippen LogP contribution is -2.21. The van der Waals surface area contributed by atoms with Crippen LogP contribution in [0.4, 0.5) is 0 Å². The first kappa shape index (κ1) is 14.3. The van der Waals surface area contributed by atoms with Gasteiger partial charge in [0.15, 0.2) is 0 Å². The SMILES string of the molecule is O=C(O)CC(=O)C[C@H](O)COCc1ccccc1. The van der Waals surface area contributed by atoms with Gasteiger partial charge in [-0.15, -0.1) is 0 Å². The summed E-state index contributed by atoms with van der Waals surface area (Å²) >= 11 is 0. The van der Waals surface area contributed by atoms with Gasteiger partial charge in [0.1, 0.15) is 12.2 Å². The average Bonchev–Trinajstić information content (AvgIpc) is 2.29. The van der Waals surface area contributed by atoms with E-state index in [4.69, 9.17) is 9.84 Å². The monoisotopic (exact) mass is 252 g/mol. The van der Waals surface area contributed by atoms with E-state index in [1.807, 2.05) is 30.3 Å². The molecular weight excluding hydrogens is 236 g/mol. The first-order valence-electron chi connectivity index (χ1n) is 5.61. The third kappa shape index (κ3) is 6.12. The fourth-order valence-corrected chi connectivity index (χ4v) is 1.45. The zero-order valence-corrected chi connectivity index (χ0v) is 9.91. The fourth-order valence-electron chi connectivity index (χ4n) is 1.45. The second-order valence-electron chi connectivity index (χ2n) is 3.97. The molecule has 0 amide bonds. The van der Waals surface area contributed by atoms with E-state index in [9.17, 15) is 14.7 Å². The van der Waals surface area contributed by atoms with Gasteiger partial charge in [0.05, 0.1) is 19.3 Å². The van der Waals surface area contributed by atoms with E-state index in [1.54, 1.807) is 0 Å². The number of carboxylic acids is 1. The molecule has 0 aliphatic heterocycles. The standard InChI is InChI=1S/C13H16O5/c14-11(7-13(16)17)6-12(15)9-18-8-10-4-2-1-3-5-10/h1-5,12,15H,6-9H2,(H,16,17)/t12-/m0/s1. The van der Waals surface area contributed by atoms with E-state index in [0.29, 0.717) is 6.61 Å². The van der Waals surface area contributed by atoms with Gasteiger partial charge < -0.3 is 14.9 Å². The molecule has 1 aromatic rings. The molecule has 5 heteroatoms. The molecule has 0 unspecified atom stereocenters. The van der Waals surface area contributed by atoms with Gasteiger partial charge >= 0.3 is 5.97 Å². The molecular formula is C13H16O5. The summed E-state index contributed by atoms with van der Waals surface area (Å²) in [6, 6.07) is 9.43. The van der Waals surface area contributed by atoms with Crippen LogP contribution in [0.3, 0.4) is 0 Å². The van der Waals surface area contributed by atoms with Gasteiger partial charge in [-0.1, -0.05) is 30.3 Å².